The largest absolute Gasteiger partial charge is 0.394 e. The number of rotatable bonds is 3. The summed E-state index contributed by atoms with van der Waals surface area (Å²) in [6.45, 7) is -0.0424. The van der Waals surface area contributed by atoms with Crippen molar-refractivity contribution >= 4 is 11.8 Å². The Morgan fingerprint density at radius 2 is 2.50 bits per heavy atom. The topological polar surface area (TPSA) is 59.1 Å². The van der Waals surface area contributed by atoms with Crippen LogP contribution in [0, 0.1) is 0 Å². The number of nitrogens with zero attached hydrogens (tertiary/aromatic N) is 1. The van der Waals surface area contributed by atoms with E-state index in [9.17, 15) is 0 Å². The molecular formula is C8H12N2OS. The zero-order valence-electron chi connectivity index (χ0n) is 6.90. The van der Waals surface area contributed by atoms with Crippen LogP contribution in [0.2, 0.25) is 0 Å². The molecular weight excluding hydrogens is 172 g/mol. The first-order chi connectivity index (χ1) is 5.79. The summed E-state index contributed by atoms with van der Waals surface area (Å²) in [5.41, 5.74) is 6.58. The molecule has 12 heavy (non-hydrogen) atoms. The van der Waals surface area contributed by atoms with Crippen molar-refractivity contribution in [3.63, 3.8) is 0 Å². The monoisotopic (exact) mass is 184 g/mol. The van der Waals surface area contributed by atoms with E-state index < -0.39 is 0 Å². The standard InChI is InChI=1S/C8H12N2OS/c1-12-8-6(7(9)5-11)3-2-4-10-8/h2-4,7,11H,5,9H2,1H3. The number of nitrogens with two attached hydrogens (primary N) is 1. The minimum Gasteiger partial charge on any atom is -0.394 e. The van der Waals surface area contributed by atoms with Gasteiger partial charge in [-0.3, -0.25) is 0 Å². The van der Waals surface area contributed by atoms with Gasteiger partial charge in [-0.15, -0.1) is 11.8 Å². The van der Waals surface area contributed by atoms with Crippen molar-refractivity contribution in [3.05, 3.63) is 23.9 Å². The van der Waals surface area contributed by atoms with Crippen LogP contribution in [-0.4, -0.2) is 23.0 Å². The van der Waals surface area contributed by atoms with Crippen molar-refractivity contribution in [2.75, 3.05) is 12.9 Å². The molecule has 1 rings (SSSR count). The van der Waals surface area contributed by atoms with E-state index in [1.165, 1.54) is 11.8 Å². The van der Waals surface area contributed by atoms with Crippen LogP contribution in [-0.2, 0) is 0 Å². The number of aliphatic hydroxyl groups is 1. The van der Waals surface area contributed by atoms with Crippen LogP contribution in [0.25, 0.3) is 0 Å². The molecule has 0 bridgehead atoms. The van der Waals surface area contributed by atoms with Gasteiger partial charge in [-0.05, 0) is 12.3 Å². The molecule has 1 heterocycles. The van der Waals surface area contributed by atoms with E-state index in [4.69, 9.17) is 10.8 Å². The fourth-order valence-electron chi connectivity index (χ4n) is 0.954. The summed E-state index contributed by atoms with van der Waals surface area (Å²) < 4.78 is 0. The number of thioether (sulfide) groups is 1. The van der Waals surface area contributed by atoms with Gasteiger partial charge in [-0.1, -0.05) is 6.07 Å². The summed E-state index contributed by atoms with van der Waals surface area (Å²) in [5, 5.41) is 9.73. The third-order valence-corrected chi connectivity index (χ3v) is 2.32. The number of hydrogen-bond donors (Lipinski definition) is 2. The third kappa shape index (κ3) is 1.97. The van der Waals surface area contributed by atoms with Gasteiger partial charge in [0.15, 0.2) is 0 Å². The van der Waals surface area contributed by atoms with Gasteiger partial charge in [-0.25, -0.2) is 4.98 Å². The molecule has 1 aromatic heterocycles. The predicted molar refractivity (Wildman–Crippen MR) is 50.0 cm³/mol. The predicted octanol–water partition coefficient (Wildman–Crippen LogP) is 0.796. The lowest BCUT2D eigenvalue weighted by Gasteiger charge is -2.10. The minimum absolute atomic E-state index is 0.0424. The van der Waals surface area contributed by atoms with Crippen molar-refractivity contribution in [1.82, 2.24) is 4.98 Å². The van der Waals surface area contributed by atoms with Crippen LogP contribution in [0.3, 0.4) is 0 Å². The summed E-state index contributed by atoms with van der Waals surface area (Å²) >= 11 is 1.54. The Morgan fingerprint density at radius 3 is 3.08 bits per heavy atom. The van der Waals surface area contributed by atoms with Gasteiger partial charge in [0, 0.05) is 11.8 Å². The Morgan fingerprint density at radius 1 is 1.75 bits per heavy atom. The second-order valence-corrected chi connectivity index (χ2v) is 3.19. The Labute approximate surface area is 76.0 Å². The van der Waals surface area contributed by atoms with Crippen LogP contribution in [0.1, 0.15) is 11.6 Å². The molecule has 0 radical (unpaired) electrons. The molecule has 3 N–H and O–H groups in total. The summed E-state index contributed by atoms with van der Waals surface area (Å²) in [5.74, 6) is 0. The molecule has 3 nitrogen and oxygen atoms in total. The van der Waals surface area contributed by atoms with Crippen molar-refractivity contribution in [2.24, 2.45) is 5.73 Å². The Hall–Kier alpha value is -0.580. The van der Waals surface area contributed by atoms with Crippen molar-refractivity contribution in [1.29, 1.82) is 0 Å². The number of aliphatic hydroxyl groups excluding tert-OH is 1. The fraction of sp³-hybridized carbons (Fsp3) is 0.375. The SMILES string of the molecule is CSc1ncccc1C(N)CO. The van der Waals surface area contributed by atoms with Gasteiger partial charge >= 0.3 is 0 Å². The Bertz CT molecular complexity index is 255. The van der Waals surface area contributed by atoms with E-state index in [0.29, 0.717) is 0 Å². The molecule has 4 heteroatoms. The van der Waals surface area contributed by atoms with E-state index >= 15 is 0 Å². The van der Waals surface area contributed by atoms with Crippen LogP contribution in [0.4, 0.5) is 0 Å². The van der Waals surface area contributed by atoms with Gasteiger partial charge in [0.2, 0.25) is 0 Å². The average Bonchev–Trinajstić information content (AvgIpc) is 2.16. The highest BCUT2D eigenvalue weighted by atomic mass is 32.2. The molecule has 1 atom stereocenters. The molecule has 0 amide bonds. The second kappa shape index (κ2) is 4.45. The molecule has 0 saturated heterocycles. The molecule has 1 unspecified atom stereocenters. The summed E-state index contributed by atoms with van der Waals surface area (Å²) in [7, 11) is 0. The van der Waals surface area contributed by atoms with Crippen molar-refractivity contribution < 1.29 is 5.11 Å². The lowest BCUT2D eigenvalue weighted by atomic mass is 10.1. The molecule has 0 fully saturated rings. The van der Waals surface area contributed by atoms with E-state index in [0.717, 1.165) is 10.6 Å². The first-order valence-corrected chi connectivity index (χ1v) is 4.87. The maximum atomic E-state index is 8.85. The number of aromatic nitrogens is 1. The maximum Gasteiger partial charge on any atom is 0.101 e. The quantitative estimate of drug-likeness (QED) is 0.682. The highest BCUT2D eigenvalue weighted by Crippen LogP contribution is 2.21. The fourth-order valence-corrected chi connectivity index (χ4v) is 1.58. The summed E-state index contributed by atoms with van der Waals surface area (Å²) in [4.78, 5) is 4.14. The highest BCUT2D eigenvalue weighted by Gasteiger charge is 2.09. The van der Waals surface area contributed by atoms with Crippen molar-refractivity contribution in [3.8, 4) is 0 Å². The van der Waals surface area contributed by atoms with E-state index in [2.05, 4.69) is 4.98 Å². The van der Waals surface area contributed by atoms with Crippen LogP contribution >= 0.6 is 11.8 Å². The smallest absolute Gasteiger partial charge is 0.101 e. The zero-order valence-corrected chi connectivity index (χ0v) is 7.71. The molecule has 0 aliphatic carbocycles. The molecule has 0 spiro atoms. The van der Waals surface area contributed by atoms with E-state index in [-0.39, 0.29) is 12.6 Å². The maximum absolute atomic E-state index is 8.85. The zero-order chi connectivity index (χ0) is 8.97. The molecule has 66 valence electrons. The van der Waals surface area contributed by atoms with Gasteiger partial charge in [0.1, 0.15) is 5.03 Å². The average molecular weight is 184 g/mol. The Kier molecular flexibility index (Phi) is 3.52. The van der Waals surface area contributed by atoms with E-state index in [1.807, 2.05) is 18.4 Å². The van der Waals surface area contributed by atoms with Gasteiger partial charge in [0.25, 0.3) is 0 Å². The van der Waals surface area contributed by atoms with E-state index in [1.54, 1.807) is 6.20 Å². The lowest BCUT2D eigenvalue weighted by Crippen LogP contribution is -2.15. The number of hydrogen-bond acceptors (Lipinski definition) is 4. The Balaban J connectivity index is 2.96. The molecule has 0 aromatic carbocycles. The molecule has 0 aliphatic rings. The third-order valence-electron chi connectivity index (χ3n) is 1.59. The number of pyridine rings is 1. The summed E-state index contributed by atoms with van der Waals surface area (Å²) in [6.07, 6.45) is 3.66. The van der Waals surface area contributed by atoms with Crippen LogP contribution in [0.5, 0.6) is 0 Å². The van der Waals surface area contributed by atoms with Gasteiger partial charge in [0.05, 0.1) is 12.6 Å². The first-order valence-electron chi connectivity index (χ1n) is 3.65. The minimum atomic E-state index is -0.318. The molecule has 0 saturated carbocycles. The van der Waals surface area contributed by atoms with Crippen LogP contribution in [0.15, 0.2) is 23.4 Å². The molecule has 1 aromatic rings. The first kappa shape index (κ1) is 9.51. The van der Waals surface area contributed by atoms with Gasteiger partial charge in [-0.2, -0.15) is 0 Å². The normalized spacial score (nSPS) is 12.9. The second-order valence-electron chi connectivity index (χ2n) is 2.39. The molecule has 0 aliphatic heterocycles. The van der Waals surface area contributed by atoms with Gasteiger partial charge < -0.3 is 10.8 Å². The lowest BCUT2D eigenvalue weighted by molar-refractivity contribution is 0.266. The van der Waals surface area contributed by atoms with Crippen molar-refractivity contribution in [2.45, 2.75) is 11.1 Å². The van der Waals surface area contributed by atoms with Crippen LogP contribution < -0.4 is 5.73 Å². The summed E-state index contributed by atoms with van der Waals surface area (Å²) in [6, 6.07) is 3.39. The highest BCUT2D eigenvalue weighted by molar-refractivity contribution is 7.98.